The van der Waals surface area contributed by atoms with Crippen LogP contribution in [0.1, 0.15) is 18.9 Å². The zero-order chi connectivity index (χ0) is 15.3. The number of hydrogen-bond donors (Lipinski definition) is 1. The molecule has 5 nitrogen and oxygen atoms in total. The second-order valence-electron chi connectivity index (χ2n) is 4.31. The molecule has 1 N–H and O–H groups in total. The molecule has 0 amide bonds. The van der Waals surface area contributed by atoms with Gasteiger partial charge >= 0.3 is 5.97 Å². The van der Waals surface area contributed by atoms with Crippen molar-refractivity contribution in [3.8, 4) is 5.75 Å². The van der Waals surface area contributed by atoms with Gasteiger partial charge < -0.3 is 19.3 Å². The zero-order valence-electron chi connectivity index (χ0n) is 12.3. The molecule has 0 saturated heterocycles. The molecule has 0 fully saturated rings. The summed E-state index contributed by atoms with van der Waals surface area (Å²) in [6.45, 7) is 4.99. The Labute approximate surface area is 125 Å². The van der Waals surface area contributed by atoms with Gasteiger partial charge in [0.05, 0.1) is 19.8 Å². The summed E-state index contributed by atoms with van der Waals surface area (Å²) in [6, 6.07) is 7.19. The number of aliphatic carboxylic acids is 1. The third-order valence-electron chi connectivity index (χ3n) is 2.52. The van der Waals surface area contributed by atoms with Crippen LogP contribution in [0, 0.1) is 0 Å². The van der Waals surface area contributed by atoms with Crippen molar-refractivity contribution in [3.05, 3.63) is 35.9 Å². The third kappa shape index (κ3) is 8.83. The molecule has 5 heteroatoms. The van der Waals surface area contributed by atoms with Gasteiger partial charge in [-0.2, -0.15) is 0 Å². The largest absolute Gasteiger partial charge is 0.491 e. The molecule has 0 unspecified atom stereocenters. The van der Waals surface area contributed by atoms with E-state index in [4.69, 9.17) is 19.3 Å². The van der Waals surface area contributed by atoms with E-state index >= 15 is 0 Å². The predicted octanol–water partition coefficient (Wildman–Crippen LogP) is 2.61. The van der Waals surface area contributed by atoms with Crippen LogP contribution in [0.25, 0.3) is 6.08 Å². The molecular formula is C16H22O5. The van der Waals surface area contributed by atoms with Crippen molar-refractivity contribution in [1.29, 1.82) is 0 Å². The molecule has 0 spiro atoms. The maximum atomic E-state index is 10.4. The van der Waals surface area contributed by atoms with Gasteiger partial charge in [0.2, 0.25) is 0 Å². The standard InChI is InChI=1S/C16H22O5/c1-2-9-19-10-11-20-12-13-21-15-6-3-14(4-7-15)5-8-16(17)18/h3-8H,2,9-13H2,1H3,(H,17,18). The molecule has 0 saturated carbocycles. The van der Waals surface area contributed by atoms with Gasteiger partial charge in [0.25, 0.3) is 0 Å². The molecule has 1 aromatic carbocycles. The number of hydrogen-bond acceptors (Lipinski definition) is 4. The van der Waals surface area contributed by atoms with Crippen LogP contribution in [-0.4, -0.2) is 44.1 Å². The van der Waals surface area contributed by atoms with E-state index in [1.807, 2.05) is 0 Å². The zero-order valence-corrected chi connectivity index (χ0v) is 12.3. The lowest BCUT2D eigenvalue weighted by molar-refractivity contribution is -0.131. The first-order chi connectivity index (χ1) is 10.2. The SMILES string of the molecule is CCCOCCOCCOc1ccc(C=CC(=O)O)cc1. The van der Waals surface area contributed by atoms with Crippen molar-refractivity contribution < 1.29 is 24.1 Å². The fraction of sp³-hybridized carbons (Fsp3) is 0.438. The number of ether oxygens (including phenoxy) is 3. The topological polar surface area (TPSA) is 65.0 Å². The molecule has 21 heavy (non-hydrogen) atoms. The summed E-state index contributed by atoms with van der Waals surface area (Å²) in [5.74, 6) is -0.233. The van der Waals surface area contributed by atoms with Crippen molar-refractivity contribution in [1.82, 2.24) is 0 Å². The van der Waals surface area contributed by atoms with E-state index in [2.05, 4.69) is 6.92 Å². The van der Waals surface area contributed by atoms with Gasteiger partial charge in [0.15, 0.2) is 0 Å². The Hall–Kier alpha value is -1.85. The monoisotopic (exact) mass is 294 g/mol. The summed E-state index contributed by atoms with van der Waals surface area (Å²) in [6.07, 6.45) is 3.65. The Balaban J connectivity index is 2.14. The van der Waals surface area contributed by atoms with E-state index in [9.17, 15) is 4.79 Å². The fourth-order valence-electron chi connectivity index (χ4n) is 1.53. The Morgan fingerprint density at radius 3 is 2.29 bits per heavy atom. The molecule has 0 radical (unpaired) electrons. The molecule has 0 atom stereocenters. The molecule has 0 aliphatic heterocycles. The summed E-state index contributed by atoms with van der Waals surface area (Å²) >= 11 is 0. The number of carbonyl (C=O) groups is 1. The van der Waals surface area contributed by atoms with Gasteiger partial charge in [-0.1, -0.05) is 19.1 Å². The summed E-state index contributed by atoms with van der Waals surface area (Å²) in [5, 5.41) is 8.53. The van der Waals surface area contributed by atoms with Crippen molar-refractivity contribution in [2.24, 2.45) is 0 Å². The van der Waals surface area contributed by atoms with Gasteiger partial charge in [0, 0.05) is 12.7 Å². The molecule has 1 aromatic rings. The first kappa shape index (κ1) is 17.2. The van der Waals surface area contributed by atoms with E-state index in [1.165, 1.54) is 6.08 Å². The molecule has 1 rings (SSSR count). The Bertz CT molecular complexity index is 425. The van der Waals surface area contributed by atoms with Gasteiger partial charge in [0.1, 0.15) is 12.4 Å². The highest BCUT2D eigenvalue weighted by atomic mass is 16.5. The summed E-state index contributed by atoms with van der Waals surface area (Å²) in [7, 11) is 0. The Kier molecular flexibility index (Phi) is 8.91. The van der Waals surface area contributed by atoms with Gasteiger partial charge in [-0.15, -0.1) is 0 Å². The average Bonchev–Trinajstić information content (AvgIpc) is 2.49. The summed E-state index contributed by atoms with van der Waals surface area (Å²) in [5.41, 5.74) is 0.814. The van der Waals surface area contributed by atoms with Crippen LogP contribution in [-0.2, 0) is 14.3 Å². The normalized spacial score (nSPS) is 10.9. The predicted molar refractivity (Wildman–Crippen MR) is 80.5 cm³/mol. The summed E-state index contributed by atoms with van der Waals surface area (Å²) < 4.78 is 16.2. The van der Waals surface area contributed by atoms with Crippen molar-refractivity contribution in [3.63, 3.8) is 0 Å². The fourth-order valence-corrected chi connectivity index (χ4v) is 1.53. The molecule has 0 aromatic heterocycles. The van der Waals surface area contributed by atoms with Crippen molar-refractivity contribution in [2.45, 2.75) is 13.3 Å². The minimum absolute atomic E-state index is 0.470. The van der Waals surface area contributed by atoms with Gasteiger partial charge in [-0.3, -0.25) is 0 Å². The lowest BCUT2D eigenvalue weighted by Gasteiger charge is -2.07. The molecular weight excluding hydrogens is 272 g/mol. The molecule has 0 aliphatic carbocycles. The minimum atomic E-state index is -0.963. The van der Waals surface area contributed by atoms with Crippen LogP contribution < -0.4 is 4.74 Å². The quantitative estimate of drug-likeness (QED) is 0.502. The maximum absolute atomic E-state index is 10.4. The minimum Gasteiger partial charge on any atom is -0.491 e. The van der Waals surface area contributed by atoms with E-state index in [-0.39, 0.29) is 0 Å². The van der Waals surface area contributed by atoms with Crippen LogP contribution in [0.4, 0.5) is 0 Å². The van der Waals surface area contributed by atoms with Crippen LogP contribution >= 0.6 is 0 Å². The smallest absolute Gasteiger partial charge is 0.328 e. The molecule has 116 valence electrons. The molecule has 0 bridgehead atoms. The summed E-state index contributed by atoms with van der Waals surface area (Å²) in [4.78, 5) is 10.4. The first-order valence-corrected chi connectivity index (χ1v) is 7.01. The molecule has 0 heterocycles. The van der Waals surface area contributed by atoms with E-state index in [1.54, 1.807) is 24.3 Å². The molecule has 0 aliphatic rings. The lowest BCUT2D eigenvalue weighted by Crippen LogP contribution is -2.11. The van der Waals surface area contributed by atoms with Crippen molar-refractivity contribution >= 4 is 12.0 Å². The van der Waals surface area contributed by atoms with Crippen LogP contribution in [0.3, 0.4) is 0 Å². The Morgan fingerprint density at radius 1 is 1.05 bits per heavy atom. The number of carboxylic acids is 1. The highest BCUT2D eigenvalue weighted by molar-refractivity contribution is 5.85. The van der Waals surface area contributed by atoms with E-state index in [0.29, 0.717) is 26.4 Å². The highest BCUT2D eigenvalue weighted by Gasteiger charge is 1.95. The van der Waals surface area contributed by atoms with Crippen molar-refractivity contribution in [2.75, 3.05) is 33.0 Å². The van der Waals surface area contributed by atoms with Crippen LogP contribution in [0.5, 0.6) is 5.75 Å². The number of carboxylic acid groups (broad SMARTS) is 1. The lowest BCUT2D eigenvalue weighted by atomic mass is 10.2. The second kappa shape index (κ2) is 10.9. The Morgan fingerprint density at radius 2 is 1.67 bits per heavy atom. The van der Waals surface area contributed by atoms with Crippen LogP contribution in [0.2, 0.25) is 0 Å². The second-order valence-corrected chi connectivity index (χ2v) is 4.31. The average molecular weight is 294 g/mol. The van der Waals surface area contributed by atoms with E-state index in [0.717, 1.165) is 30.4 Å². The first-order valence-electron chi connectivity index (χ1n) is 7.01. The highest BCUT2D eigenvalue weighted by Crippen LogP contribution is 2.13. The van der Waals surface area contributed by atoms with E-state index < -0.39 is 5.97 Å². The number of benzene rings is 1. The third-order valence-corrected chi connectivity index (χ3v) is 2.52. The van der Waals surface area contributed by atoms with Crippen LogP contribution in [0.15, 0.2) is 30.3 Å². The number of rotatable bonds is 11. The van der Waals surface area contributed by atoms with Gasteiger partial charge in [-0.25, -0.2) is 4.79 Å². The maximum Gasteiger partial charge on any atom is 0.328 e. The van der Waals surface area contributed by atoms with Gasteiger partial charge in [-0.05, 0) is 30.2 Å².